The summed E-state index contributed by atoms with van der Waals surface area (Å²) in [5.74, 6) is 0.238. The number of rotatable bonds is 4. The number of benzene rings is 1. The lowest BCUT2D eigenvalue weighted by molar-refractivity contribution is 0.0869. The van der Waals surface area contributed by atoms with E-state index in [4.69, 9.17) is 0 Å². The summed E-state index contributed by atoms with van der Waals surface area (Å²) in [6, 6.07) is 9.68. The van der Waals surface area contributed by atoms with Gasteiger partial charge in [0, 0.05) is 12.2 Å². The molecule has 2 aromatic rings. The zero-order valence-corrected chi connectivity index (χ0v) is 12.5. The van der Waals surface area contributed by atoms with Gasteiger partial charge < -0.3 is 10.4 Å². The molecular weight excluding hydrogens is 278 g/mol. The minimum Gasteiger partial charge on any atom is -0.393 e. The minimum absolute atomic E-state index is 0.124. The van der Waals surface area contributed by atoms with Crippen LogP contribution in [0.2, 0.25) is 0 Å². The van der Waals surface area contributed by atoms with Crippen molar-refractivity contribution in [3.05, 3.63) is 48.5 Å². The number of nitrogens with one attached hydrogen (secondary N) is 1. The SMILES string of the molecule is O=C(NCC1CCCC(O)C1)c1cncn1-c1ccccc1. The van der Waals surface area contributed by atoms with E-state index in [0.29, 0.717) is 18.2 Å². The quantitative estimate of drug-likeness (QED) is 0.909. The third-order valence-corrected chi connectivity index (χ3v) is 4.21. The van der Waals surface area contributed by atoms with Crippen LogP contribution in [0, 0.1) is 5.92 Å². The number of aliphatic hydroxyl groups is 1. The molecule has 1 aromatic carbocycles. The van der Waals surface area contributed by atoms with Gasteiger partial charge in [0.1, 0.15) is 5.69 Å². The Morgan fingerprint density at radius 1 is 1.32 bits per heavy atom. The molecule has 0 spiro atoms. The molecule has 1 saturated carbocycles. The van der Waals surface area contributed by atoms with Crippen LogP contribution in [0.5, 0.6) is 0 Å². The van der Waals surface area contributed by atoms with Gasteiger partial charge >= 0.3 is 0 Å². The Labute approximate surface area is 130 Å². The Bertz CT molecular complexity index is 624. The van der Waals surface area contributed by atoms with Crippen LogP contribution in [-0.4, -0.2) is 33.2 Å². The number of imidazole rings is 1. The Balaban J connectivity index is 1.65. The third kappa shape index (κ3) is 3.36. The second-order valence-corrected chi connectivity index (χ2v) is 5.88. The topological polar surface area (TPSA) is 67.2 Å². The van der Waals surface area contributed by atoms with Crippen LogP contribution in [-0.2, 0) is 0 Å². The third-order valence-electron chi connectivity index (χ3n) is 4.21. The fraction of sp³-hybridized carbons (Fsp3) is 0.412. The molecule has 5 nitrogen and oxygen atoms in total. The molecule has 5 heteroatoms. The van der Waals surface area contributed by atoms with E-state index in [2.05, 4.69) is 10.3 Å². The van der Waals surface area contributed by atoms with Crippen molar-refractivity contribution in [2.75, 3.05) is 6.54 Å². The molecule has 0 radical (unpaired) electrons. The minimum atomic E-state index is -0.217. The maximum absolute atomic E-state index is 12.4. The van der Waals surface area contributed by atoms with E-state index in [-0.39, 0.29) is 12.0 Å². The first kappa shape index (κ1) is 14.8. The second kappa shape index (κ2) is 6.75. The van der Waals surface area contributed by atoms with Crippen molar-refractivity contribution in [1.82, 2.24) is 14.9 Å². The normalized spacial score (nSPS) is 21.5. The molecule has 2 atom stereocenters. The number of amides is 1. The highest BCUT2D eigenvalue weighted by Crippen LogP contribution is 2.23. The van der Waals surface area contributed by atoms with Crippen LogP contribution in [0.1, 0.15) is 36.2 Å². The molecule has 1 fully saturated rings. The molecule has 1 amide bonds. The number of hydrogen-bond donors (Lipinski definition) is 2. The summed E-state index contributed by atoms with van der Waals surface area (Å²) in [4.78, 5) is 16.5. The van der Waals surface area contributed by atoms with Crippen LogP contribution in [0.25, 0.3) is 5.69 Å². The monoisotopic (exact) mass is 299 g/mol. The maximum Gasteiger partial charge on any atom is 0.269 e. The van der Waals surface area contributed by atoms with Crippen LogP contribution in [0.3, 0.4) is 0 Å². The van der Waals surface area contributed by atoms with Crippen LogP contribution < -0.4 is 5.32 Å². The Morgan fingerprint density at radius 2 is 2.14 bits per heavy atom. The number of carbonyl (C=O) groups is 1. The number of nitrogens with zero attached hydrogens (tertiary/aromatic N) is 2. The van der Waals surface area contributed by atoms with Crippen LogP contribution >= 0.6 is 0 Å². The molecule has 2 N–H and O–H groups in total. The Kier molecular flexibility index (Phi) is 4.53. The predicted octanol–water partition coefficient (Wildman–Crippen LogP) is 2.15. The fourth-order valence-corrected chi connectivity index (χ4v) is 3.03. The van der Waals surface area contributed by atoms with Crippen molar-refractivity contribution in [3.8, 4) is 5.69 Å². The highest BCUT2D eigenvalue weighted by molar-refractivity contribution is 5.93. The Morgan fingerprint density at radius 3 is 2.91 bits per heavy atom. The van der Waals surface area contributed by atoms with E-state index in [0.717, 1.165) is 31.4 Å². The number of carbonyl (C=O) groups excluding carboxylic acids is 1. The molecule has 1 heterocycles. The lowest BCUT2D eigenvalue weighted by Gasteiger charge is -2.25. The molecule has 0 bridgehead atoms. The van der Waals surface area contributed by atoms with Gasteiger partial charge in [0.05, 0.1) is 18.6 Å². The van der Waals surface area contributed by atoms with Crippen molar-refractivity contribution in [3.63, 3.8) is 0 Å². The van der Waals surface area contributed by atoms with Crippen LogP contribution in [0.4, 0.5) is 0 Å². The van der Waals surface area contributed by atoms with Crippen molar-refractivity contribution >= 4 is 5.91 Å². The Hall–Kier alpha value is -2.14. The number of aromatic nitrogens is 2. The zero-order valence-electron chi connectivity index (χ0n) is 12.5. The van der Waals surface area contributed by atoms with Crippen molar-refractivity contribution < 1.29 is 9.90 Å². The lowest BCUT2D eigenvalue weighted by Crippen LogP contribution is -2.33. The van der Waals surface area contributed by atoms with E-state index in [1.165, 1.54) is 0 Å². The highest BCUT2D eigenvalue weighted by Gasteiger charge is 2.21. The fourth-order valence-electron chi connectivity index (χ4n) is 3.03. The first-order chi connectivity index (χ1) is 10.7. The summed E-state index contributed by atoms with van der Waals surface area (Å²) in [6.07, 6.45) is 6.76. The van der Waals surface area contributed by atoms with Crippen molar-refractivity contribution in [2.24, 2.45) is 5.92 Å². The summed E-state index contributed by atoms with van der Waals surface area (Å²) in [5, 5.41) is 12.7. The van der Waals surface area contributed by atoms with E-state index in [1.54, 1.807) is 17.1 Å². The van der Waals surface area contributed by atoms with Gasteiger partial charge in [-0.15, -0.1) is 0 Å². The molecule has 1 aromatic heterocycles. The van der Waals surface area contributed by atoms with E-state index in [1.807, 2.05) is 30.3 Å². The van der Waals surface area contributed by atoms with Gasteiger partial charge in [-0.25, -0.2) is 4.98 Å². The number of aliphatic hydroxyl groups excluding tert-OH is 1. The first-order valence-electron chi connectivity index (χ1n) is 7.78. The number of para-hydroxylation sites is 1. The van der Waals surface area contributed by atoms with Crippen LogP contribution in [0.15, 0.2) is 42.9 Å². The molecule has 3 rings (SSSR count). The van der Waals surface area contributed by atoms with E-state index >= 15 is 0 Å². The van der Waals surface area contributed by atoms with Gasteiger partial charge in [0.25, 0.3) is 5.91 Å². The van der Waals surface area contributed by atoms with Crippen molar-refractivity contribution in [1.29, 1.82) is 0 Å². The summed E-state index contributed by atoms with van der Waals surface area (Å²) in [5.41, 5.74) is 1.45. The summed E-state index contributed by atoms with van der Waals surface area (Å²) in [7, 11) is 0. The summed E-state index contributed by atoms with van der Waals surface area (Å²) in [6.45, 7) is 0.607. The standard InChI is InChI=1S/C17H21N3O2/c21-15-8-4-5-13(9-15)10-19-17(22)16-11-18-12-20(16)14-6-2-1-3-7-14/h1-3,6-7,11-13,15,21H,4-5,8-10H2,(H,19,22). The van der Waals surface area contributed by atoms with Gasteiger partial charge in [-0.1, -0.05) is 24.6 Å². The molecule has 0 aliphatic heterocycles. The molecule has 0 saturated heterocycles. The van der Waals surface area contributed by atoms with Gasteiger partial charge in [-0.05, 0) is 37.3 Å². The molecule has 2 unspecified atom stereocenters. The molecule has 1 aliphatic rings. The van der Waals surface area contributed by atoms with Crippen molar-refractivity contribution in [2.45, 2.75) is 31.8 Å². The van der Waals surface area contributed by atoms with Gasteiger partial charge in [0.15, 0.2) is 0 Å². The summed E-state index contributed by atoms with van der Waals surface area (Å²) >= 11 is 0. The summed E-state index contributed by atoms with van der Waals surface area (Å²) < 4.78 is 1.78. The van der Waals surface area contributed by atoms with E-state index in [9.17, 15) is 9.90 Å². The van der Waals surface area contributed by atoms with Gasteiger partial charge in [-0.2, -0.15) is 0 Å². The van der Waals surface area contributed by atoms with Gasteiger partial charge in [-0.3, -0.25) is 9.36 Å². The lowest BCUT2D eigenvalue weighted by atomic mass is 9.87. The molecule has 22 heavy (non-hydrogen) atoms. The second-order valence-electron chi connectivity index (χ2n) is 5.88. The smallest absolute Gasteiger partial charge is 0.269 e. The molecule has 116 valence electrons. The average molecular weight is 299 g/mol. The number of hydrogen-bond acceptors (Lipinski definition) is 3. The molecular formula is C17H21N3O2. The van der Waals surface area contributed by atoms with E-state index < -0.39 is 0 Å². The zero-order chi connectivity index (χ0) is 15.4. The largest absolute Gasteiger partial charge is 0.393 e. The average Bonchev–Trinajstić information content (AvgIpc) is 3.03. The maximum atomic E-state index is 12.4. The molecule has 1 aliphatic carbocycles. The first-order valence-corrected chi connectivity index (χ1v) is 7.78. The highest BCUT2D eigenvalue weighted by atomic mass is 16.3. The van der Waals surface area contributed by atoms with Gasteiger partial charge in [0.2, 0.25) is 0 Å². The predicted molar refractivity (Wildman–Crippen MR) is 83.9 cm³/mol.